The summed E-state index contributed by atoms with van der Waals surface area (Å²) in [5.74, 6) is 0. The molecule has 0 heterocycles. The second-order valence-electron chi connectivity index (χ2n) is 5.19. The Labute approximate surface area is 75.9 Å². The van der Waals surface area contributed by atoms with Gasteiger partial charge in [0.15, 0.2) is 0 Å². The Bertz CT molecular complexity index is 133. The van der Waals surface area contributed by atoms with E-state index >= 15 is 0 Å². The number of hydrogen-bond acceptors (Lipinski definition) is 2. The van der Waals surface area contributed by atoms with Crippen LogP contribution in [0.25, 0.3) is 0 Å². The fraction of sp³-hybridized carbons (Fsp3) is 1.00. The minimum atomic E-state index is -0.116. The van der Waals surface area contributed by atoms with Crippen LogP contribution in [-0.4, -0.2) is 11.4 Å². The van der Waals surface area contributed by atoms with Gasteiger partial charge in [0.1, 0.15) is 6.10 Å². The van der Waals surface area contributed by atoms with E-state index in [1.54, 1.807) is 0 Å². The van der Waals surface area contributed by atoms with E-state index in [1.165, 1.54) is 0 Å². The van der Waals surface area contributed by atoms with Crippen molar-refractivity contribution >= 4 is 0 Å². The summed E-state index contributed by atoms with van der Waals surface area (Å²) in [6.45, 7) is 12.6. The molecular weight excluding hydrogens is 152 g/mol. The van der Waals surface area contributed by atoms with Crippen molar-refractivity contribution in [2.75, 3.05) is 0 Å². The average Bonchev–Trinajstić information content (AvgIpc) is 1.85. The summed E-state index contributed by atoms with van der Waals surface area (Å²) >= 11 is 0. The summed E-state index contributed by atoms with van der Waals surface area (Å²) in [4.78, 5) is 4.57. The molecule has 0 spiro atoms. The predicted molar refractivity (Wildman–Crippen MR) is 51.0 cm³/mol. The molecule has 0 aliphatic carbocycles. The van der Waals surface area contributed by atoms with Gasteiger partial charge in [-0.05, 0) is 17.3 Å². The lowest BCUT2D eigenvalue weighted by Crippen LogP contribution is -2.41. The molecule has 0 amide bonds. The van der Waals surface area contributed by atoms with Crippen LogP contribution in [0.4, 0.5) is 0 Å². The van der Waals surface area contributed by atoms with Crippen molar-refractivity contribution in [2.45, 2.75) is 54.1 Å². The monoisotopic (exact) mass is 174 g/mol. The summed E-state index contributed by atoms with van der Waals surface area (Å²) in [6, 6.07) is 0. The third-order valence-electron chi connectivity index (χ3n) is 2.51. The van der Waals surface area contributed by atoms with Gasteiger partial charge in [0, 0.05) is 0 Å². The largest absolute Gasteiger partial charge is 0.251 e. The highest BCUT2D eigenvalue weighted by molar-refractivity contribution is 4.86. The van der Waals surface area contributed by atoms with Gasteiger partial charge in [-0.1, -0.05) is 41.5 Å². The first-order valence-corrected chi connectivity index (χ1v) is 4.56. The molecule has 1 unspecified atom stereocenters. The second-order valence-corrected chi connectivity index (χ2v) is 5.19. The molecular formula is C10H22O2. The van der Waals surface area contributed by atoms with Crippen LogP contribution in [0.15, 0.2) is 0 Å². The van der Waals surface area contributed by atoms with Gasteiger partial charge in [-0.25, -0.2) is 4.89 Å². The number of hydrogen-bond donors (Lipinski definition) is 1. The van der Waals surface area contributed by atoms with Gasteiger partial charge in [0.2, 0.25) is 0 Å². The Morgan fingerprint density at radius 1 is 1.17 bits per heavy atom. The zero-order chi connectivity index (χ0) is 9.99. The summed E-state index contributed by atoms with van der Waals surface area (Å²) in [5.41, 5.74) is 0.00125. The van der Waals surface area contributed by atoms with Crippen molar-refractivity contribution in [3.8, 4) is 0 Å². The third-order valence-corrected chi connectivity index (χ3v) is 2.51. The molecule has 0 aromatic carbocycles. The predicted octanol–water partition coefficient (Wildman–Crippen LogP) is 3.33. The van der Waals surface area contributed by atoms with E-state index in [9.17, 15) is 0 Å². The van der Waals surface area contributed by atoms with E-state index in [0.29, 0.717) is 0 Å². The second kappa shape index (κ2) is 3.75. The lowest BCUT2D eigenvalue weighted by atomic mass is 9.72. The highest BCUT2D eigenvalue weighted by Gasteiger charge is 2.38. The lowest BCUT2D eigenvalue weighted by molar-refractivity contribution is -0.323. The van der Waals surface area contributed by atoms with Crippen molar-refractivity contribution in [1.82, 2.24) is 0 Å². The molecule has 2 nitrogen and oxygen atoms in total. The van der Waals surface area contributed by atoms with Crippen LogP contribution in [0, 0.1) is 10.8 Å². The highest BCUT2D eigenvalue weighted by atomic mass is 17.1. The molecule has 2 heteroatoms. The van der Waals surface area contributed by atoms with Crippen LogP contribution in [0.2, 0.25) is 0 Å². The van der Waals surface area contributed by atoms with E-state index in [2.05, 4.69) is 46.4 Å². The van der Waals surface area contributed by atoms with Gasteiger partial charge < -0.3 is 0 Å². The SMILES string of the molecule is CCC(C)(C)C(OO)C(C)(C)C. The normalized spacial score (nSPS) is 16.2. The van der Waals surface area contributed by atoms with Crippen LogP contribution in [-0.2, 0) is 4.89 Å². The fourth-order valence-electron chi connectivity index (χ4n) is 1.66. The minimum absolute atomic E-state index is 0.0196. The van der Waals surface area contributed by atoms with Gasteiger partial charge >= 0.3 is 0 Å². The first kappa shape index (κ1) is 11.9. The van der Waals surface area contributed by atoms with Crippen LogP contribution in [0.5, 0.6) is 0 Å². The summed E-state index contributed by atoms with van der Waals surface area (Å²) in [7, 11) is 0. The maximum absolute atomic E-state index is 8.83. The quantitative estimate of drug-likeness (QED) is 0.525. The number of rotatable bonds is 3. The molecule has 1 atom stereocenters. The molecule has 0 rings (SSSR count). The smallest absolute Gasteiger partial charge is 0.103 e. The van der Waals surface area contributed by atoms with Gasteiger partial charge in [0.25, 0.3) is 0 Å². The van der Waals surface area contributed by atoms with Gasteiger partial charge in [0.05, 0.1) is 0 Å². The standard InChI is InChI=1S/C10H22O2/c1-7-10(5,6)8(12-11)9(2,3)4/h8,11H,7H2,1-6H3. The van der Waals surface area contributed by atoms with Gasteiger partial charge in [-0.2, -0.15) is 0 Å². The van der Waals surface area contributed by atoms with E-state index in [0.717, 1.165) is 6.42 Å². The molecule has 0 aromatic rings. The molecule has 0 radical (unpaired) electrons. The molecule has 0 bridgehead atoms. The lowest BCUT2D eigenvalue weighted by Gasteiger charge is -2.39. The topological polar surface area (TPSA) is 29.5 Å². The van der Waals surface area contributed by atoms with Crippen molar-refractivity contribution in [2.24, 2.45) is 10.8 Å². The summed E-state index contributed by atoms with van der Waals surface area (Å²) in [6.07, 6.45) is 0.880. The van der Waals surface area contributed by atoms with E-state index in [4.69, 9.17) is 5.26 Å². The molecule has 0 fully saturated rings. The highest BCUT2D eigenvalue weighted by Crippen LogP contribution is 2.37. The maximum atomic E-state index is 8.83. The van der Waals surface area contributed by atoms with Crippen LogP contribution in [0.3, 0.4) is 0 Å². The van der Waals surface area contributed by atoms with E-state index in [1.807, 2.05) is 0 Å². The summed E-state index contributed by atoms with van der Waals surface area (Å²) in [5, 5.41) is 8.83. The van der Waals surface area contributed by atoms with Crippen LogP contribution in [0.1, 0.15) is 48.0 Å². The fourth-order valence-corrected chi connectivity index (χ4v) is 1.66. The zero-order valence-corrected chi connectivity index (χ0v) is 9.14. The Morgan fingerprint density at radius 3 is 1.67 bits per heavy atom. The van der Waals surface area contributed by atoms with Crippen LogP contribution >= 0.6 is 0 Å². The molecule has 0 aliphatic rings. The third kappa shape index (κ3) is 2.76. The van der Waals surface area contributed by atoms with E-state index < -0.39 is 0 Å². The first-order valence-electron chi connectivity index (χ1n) is 4.56. The Balaban J connectivity index is 4.56. The zero-order valence-electron chi connectivity index (χ0n) is 9.14. The van der Waals surface area contributed by atoms with E-state index in [-0.39, 0.29) is 16.9 Å². The molecule has 1 N–H and O–H groups in total. The van der Waals surface area contributed by atoms with Crippen molar-refractivity contribution in [1.29, 1.82) is 0 Å². The molecule has 12 heavy (non-hydrogen) atoms. The van der Waals surface area contributed by atoms with Crippen molar-refractivity contribution in [3.05, 3.63) is 0 Å². The average molecular weight is 174 g/mol. The first-order chi connectivity index (χ1) is 5.25. The molecule has 0 aliphatic heterocycles. The van der Waals surface area contributed by atoms with Gasteiger partial charge in [-0.15, -0.1) is 0 Å². The van der Waals surface area contributed by atoms with Crippen molar-refractivity contribution < 1.29 is 10.1 Å². The molecule has 0 aromatic heterocycles. The van der Waals surface area contributed by atoms with Gasteiger partial charge in [-0.3, -0.25) is 5.26 Å². The molecule has 0 saturated heterocycles. The van der Waals surface area contributed by atoms with Crippen molar-refractivity contribution in [3.63, 3.8) is 0 Å². The maximum Gasteiger partial charge on any atom is 0.103 e. The Hall–Kier alpha value is -0.0800. The Kier molecular flexibility index (Phi) is 3.73. The van der Waals surface area contributed by atoms with Crippen LogP contribution < -0.4 is 0 Å². The Morgan fingerprint density at radius 2 is 1.58 bits per heavy atom. The minimum Gasteiger partial charge on any atom is -0.251 e. The summed E-state index contributed by atoms with van der Waals surface area (Å²) < 4.78 is 0. The molecule has 0 saturated carbocycles. The molecule has 74 valence electrons.